The van der Waals surface area contributed by atoms with E-state index in [0.29, 0.717) is 21.5 Å². The molecule has 1 aliphatic rings. The van der Waals surface area contributed by atoms with E-state index in [2.05, 4.69) is 0 Å². The summed E-state index contributed by atoms with van der Waals surface area (Å²) in [7, 11) is -5.25. The average molecular weight is 583 g/mol. The fraction of sp³-hybridized carbons (Fsp3) is 0.381. The molecule has 204 valence electrons. The lowest BCUT2D eigenvalue weighted by molar-refractivity contribution is -0.134. The van der Waals surface area contributed by atoms with Gasteiger partial charge in [-0.15, -0.1) is 0 Å². The number of nitrogens with one attached hydrogen (secondary N) is 1. The van der Waals surface area contributed by atoms with Gasteiger partial charge in [-0.25, -0.2) is 31.1 Å². The zero-order valence-corrected chi connectivity index (χ0v) is 22.2. The second-order valence-corrected chi connectivity index (χ2v) is 12.8. The molecule has 1 saturated heterocycles. The van der Waals surface area contributed by atoms with Crippen LogP contribution in [0.1, 0.15) is 0 Å². The second-order valence-electron chi connectivity index (χ2n) is 8.36. The Kier molecular flexibility index (Phi) is 9.10. The third-order valence-corrected chi connectivity index (χ3v) is 9.46. The van der Waals surface area contributed by atoms with E-state index in [1.54, 1.807) is 19.0 Å². The first-order valence-corrected chi connectivity index (χ1v) is 14.2. The van der Waals surface area contributed by atoms with Crippen molar-refractivity contribution in [1.29, 1.82) is 0 Å². The number of hydroxylamine groups is 1. The van der Waals surface area contributed by atoms with Gasteiger partial charge < -0.3 is 9.64 Å². The summed E-state index contributed by atoms with van der Waals surface area (Å²) in [5.74, 6) is -4.97. The summed E-state index contributed by atoms with van der Waals surface area (Å²) in [6.07, 6.45) is 0. The predicted octanol–water partition coefficient (Wildman–Crippen LogP) is 1.48. The van der Waals surface area contributed by atoms with Crippen LogP contribution in [0.2, 0.25) is 5.02 Å². The molecule has 0 radical (unpaired) electrons. The van der Waals surface area contributed by atoms with Crippen LogP contribution < -0.4 is 10.2 Å². The molecule has 0 unspecified atom stereocenters. The molecular formula is C21H25ClF2N4O7S2. The fourth-order valence-corrected chi connectivity index (χ4v) is 6.84. The molecule has 0 aromatic heterocycles. The van der Waals surface area contributed by atoms with Gasteiger partial charge in [-0.05, 0) is 50.5 Å². The number of halogens is 3. The lowest BCUT2D eigenvalue weighted by Gasteiger charge is -2.38. The van der Waals surface area contributed by atoms with Gasteiger partial charge in [0.1, 0.15) is 11.8 Å². The normalized spacial score (nSPS) is 17.6. The molecule has 0 bridgehead atoms. The average Bonchev–Trinajstić information content (AvgIpc) is 2.85. The van der Waals surface area contributed by atoms with Crippen LogP contribution in [0.5, 0.6) is 11.5 Å². The Balaban J connectivity index is 1.90. The van der Waals surface area contributed by atoms with Crippen LogP contribution in [-0.4, -0.2) is 93.5 Å². The lowest BCUT2D eigenvalue weighted by atomic mass is 10.2. The van der Waals surface area contributed by atoms with E-state index in [-0.39, 0.29) is 24.6 Å². The van der Waals surface area contributed by atoms with Crippen molar-refractivity contribution in [1.82, 2.24) is 19.0 Å². The van der Waals surface area contributed by atoms with Crippen molar-refractivity contribution in [3.63, 3.8) is 0 Å². The Morgan fingerprint density at radius 1 is 1.14 bits per heavy atom. The van der Waals surface area contributed by atoms with Crippen LogP contribution in [0.15, 0.2) is 41.3 Å². The zero-order chi connectivity index (χ0) is 27.5. The minimum absolute atomic E-state index is 0.0455. The third-order valence-electron chi connectivity index (χ3n) is 5.51. The SMILES string of the molecule is CN(C)CCS(=O)(=O)N1CCN(S(=O)(=O)c2cc(F)c(Oc3ccc(Cl)cc3)c(F)c2)[C@@H](C(=O)NO)C1. The van der Waals surface area contributed by atoms with Gasteiger partial charge in [-0.2, -0.15) is 8.61 Å². The van der Waals surface area contributed by atoms with Crippen molar-refractivity contribution >= 4 is 37.6 Å². The first kappa shape index (κ1) is 29.2. The van der Waals surface area contributed by atoms with Crippen LogP contribution in [0.25, 0.3) is 0 Å². The Bertz CT molecular complexity index is 1340. The molecule has 2 aromatic carbocycles. The third kappa shape index (κ3) is 6.73. The topological polar surface area (TPSA) is 137 Å². The maximum atomic E-state index is 14.8. The van der Waals surface area contributed by atoms with Crippen molar-refractivity contribution in [2.24, 2.45) is 0 Å². The molecule has 2 N–H and O–H groups in total. The van der Waals surface area contributed by atoms with Gasteiger partial charge in [0, 0.05) is 31.2 Å². The predicted molar refractivity (Wildman–Crippen MR) is 129 cm³/mol. The molecule has 3 rings (SSSR count). The van der Waals surface area contributed by atoms with E-state index in [9.17, 15) is 30.4 Å². The maximum Gasteiger partial charge on any atom is 0.263 e. The molecule has 16 heteroatoms. The highest BCUT2D eigenvalue weighted by atomic mass is 35.5. The molecule has 11 nitrogen and oxygen atoms in total. The van der Waals surface area contributed by atoms with Gasteiger partial charge in [-0.3, -0.25) is 10.0 Å². The number of hydrogen-bond donors (Lipinski definition) is 2. The molecule has 37 heavy (non-hydrogen) atoms. The molecule has 1 amide bonds. The smallest absolute Gasteiger partial charge is 0.263 e. The van der Waals surface area contributed by atoms with E-state index >= 15 is 0 Å². The van der Waals surface area contributed by atoms with E-state index in [1.807, 2.05) is 0 Å². The van der Waals surface area contributed by atoms with Gasteiger partial charge in [0.2, 0.25) is 20.0 Å². The van der Waals surface area contributed by atoms with E-state index in [1.165, 1.54) is 29.7 Å². The number of amides is 1. The Hall–Kier alpha value is -2.40. The van der Waals surface area contributed by atoms with E-state index < -0.39 is 67.4 Å². The highest BCUT2D eigenvalue weighted by molar-refractivity contribution is 7.89. The number of benzene rings is 2. The Labute approximate surface area is 218 Å². The van der Waals surface area contributed by atoms with Crippen molar-refractivity contribution in [2.75, 3.05) is 46.0 Å². The second kappa shape index (κ2) is 11.6. The number of carbonyl (C=O) groups is 1. The number of hydrogen-bond acceptors (Lipinski definition) is 8. The summed E-state index contributed by atoms with van der Waals surface area (Å²) in [4.78, 5) is 13.1. The molecule has 1 heterocycles. The first-order chi connectivity index (χ1) is 17.3. The van der Waals surface area contributed by atoms with Crippen LogP contribution in [-0.2, 0) is 24.8 Å². The highest BCUT2D eigenvalue weighted by Crippen LogP contribution is 2.32. The summed E-state index contributed by atoms with van der Waals surface area (Å²) >= 11 is 5.77. The van der Waals surface area contributed by atoms with Crippen LogP contribution in [0.3, 0.4) is 0 Å². The number of carbonyl (C=O) groups excluding carboxylic acids is 1. The largest absolute Gasteiger partial charge is 0.451 e. The van der Waals surface area contributed by atoms with Crippen LogP contribution >= 0.6 is 11.6 Å². The maximum absolute atomic E-state index is 14.8. The number of rotatable bonds is 9. The Morgan fingerprint density at radius 3 is 2.27 bits per heavy atom. The van der Waals surface area contributed by atoms with Gasteiger partial charge >= 0.3 is 0 Å². The summed E-state index contributed by atoms with van der Waals surface area (Å²) in [5, 5.41) is 9.51. The molecule has 1 aliphatic heterocycles. The molecule has 1 atom stereocenters. The number of nitrogens with zero attached hydrogens (tertiary/aromatic N) is 3. The quantitative estimate of drug-likeness (QED) is 0.335. The zero-order valence-electron chi connectivity index (χ0n) is 19.8. The monoisotopic (exact) mass is 582 g/mol. The highest BCUT2D eigenvalue weighted by Gasteiger charge is 2.43. The minimum atomic E-state index is -4.72. The number of piperazine rings is 1. The number of ether oxygens (including phenoxy) is 1. The molecular weight excluding hydrogens is 558 g/mol. The first-order valence-electron chi connectivity index (χ1n) is 10.8. The number of sulfonamides is 2. The summed E-state index contributed by atoms with van der Waals surface area (Å²) in [6.45, 7) is -1.24. The van der Waals surface area contributed by atoms with Gasteiger partial charge in [-0.1, -0.05) is 11.6 Å². The van der Waals surface area contributed by atoms with Crippen LogP contribution in [0.4, 0.5) is 8.78 Å². The Morgan fingerprint density at radius 2 is 1.73 bits per heavy atom. The molecule has 0 spiro atoms. The van der Waals surface area contributed by atoms with Crippen molar-refractivity contribution in [3.8, 4) is 11.5 Å². The molecule has 0 saturated carbocycles. The fourth-order valence-electron chi connectivity index (χ4n) is 3.54. The lowest BCUT2D eigenvalue weighted by Crippen LogP contribution is -2.61. The van der Waals surface area contributed by atoms with Crippen molar-refractivity contribution in [3.05, 3.63) is 53.1 Å². The van der Waals surface area contributed by atoms with Gasteiger partial charge in [0.25, 0.3) is 5.91 Å². The minimum Gasteiger partial charge on any atom is -0.451 e. The molecule has 1 fully saturated rings. The molecule has 0 aliphatic carbocycles. The van der Waals surface area contributed by atoms with Gasteiger partial charge in [0.05, 0.1) is 10.6 Å². The van der Waals surface area contributed by atoms with E-state index in [0.717, 1.165) is 4.31 Å². The standard InChI is InChI=1S/C21H25ClF2N4O7S2/c1-26(2)9-10-36(31,32)27-7-8-28(19(13-27)21(29)25-30)37(33,34)16-11-17(23)20(18(24)12-16)35-15-5-3-14(22)4-6-15/h3-6,11-12,19,30H,7-10,13H2,1-2H3,(H,25,29)/t19-/m1/s1. The van der Waals surface area contributed by atoms with Crippen molar-refractivity contribution < 1.29 is 40.4 Å². The van der Waals surface area contributed by atoms with Crippen molar-refractivity contribution in [2.45, 2.75) is 10.9 Å². The summed E-state index contributed by atoms with van der Waals surface area (Å²) in [5.41, 5.74) is 1.32. The summed E-state index contributed by atoms with van der Waals surface area (Å²) in [6, 6.07) is 4.92. The van der Waals surface area contributed by atoms with E-state index in [4.69, 9.17) is 21.5 Å². The van der Waals surface area contributed by atoms with Crippen LogP contribution in [0, 0.1) is 11.6 Å². The molecule has 2 aromatic rings. The summed E-state index contributed by atoms with van der Waals surface area (Å²) < 4.78 is 88.2. The van der Waals surface area contributed by atoms with Gasteiger partial charge in [0.15, 0.2) is 17.4 Å².